The molecule has 42 heavy (non-hydrogen) atoms. The predicted octanol–water partition coefficient (Wildman–Crippen LogP) is 7.78. The Balaban J connectivity index is 1.55. The third-order valence-corrected chi connectivity index (χ3v) is 8.09. The van der Waals surface area contributed by atoms with Gasteiger partial charge in [0.2, 0.25) is 0 Å². The maximum Gasteiger partial charge on any atom is 0.270 e. The van der Waals surface area contributed by atoms with E-state index in [-0.39, 0.29) is 10.6 Å². The SMILES string of the molecule is CCn1cc(-c2ccnc3c2cc(-c2ccc(CN(C)C)cc2)n3Sc2ccccc2)c(-c2cccc([N+](=O)[O-])c2)n1. The molecule has 0 N–H and O–H groups in total. The molecule has 0 radical (unpaired) electrons. The topological polar surface area (TPSA) is 82.0 Å². The van der Waals surface area contributed by atoms with Crippen LogP contribution in [0.2, 0.25) is 0 Å². The highest BCUT2D eigenvalue weighted by Gasteiger charge is 2.21. The van der Waals surface area contributed by atoms with E-state index in [1.807, 2.05) is 54.3 Å². The molecule has 6 rings (SSSR count). The van der Waals surface area contributed by atoms with Crippen molar-refractivity contribution in [3.05, 3.63) is 119 Å². The second kappa shape index (κ2) is 11.6. The van der Waals surface area contributed by atoms with Gasteiger partial charge in [0.05, 0.1) is 10.6 Å². The summed E-state index contributed by atoms with van der Waals surface area (Å²) in [5.74, 6) is 0. The number of hydrogen-bond acceptors (Lipinski definition) is 6. The van der Waals surface area contributed by atoms with Gasteiger partial charge >= 0.3 is 0 Å². The summed E-state index contributed by atoms with van der Waals surface area (Å²) in [4.78, 5) is 19.3. The Kier molecular flexibility index (Phi) is 7.60. The number of aryl methyl sites for hydroxylation is 1. The van der Waals surface area contributed by atoms with Crippen LogP contribution < -0.4 is 0 Å². The van der Waals surface area contributed by atoms with E-state index in [2.05, 4.69) is 65.4 Å². The number of nitrogens with zero attached hydrogens (tertiary/aromatic N) is 6. The number of hydrogen-bond donors (Lipinski definition) is 0. The van der Waals surface area contributed by atoms with Gasteiger partial charge in [-0.25, -0.2) is 4.98 Å². The zero-order valence-electron chi connectivity index (χ0n) is 23.6. The van der Waals surface area contributed by atoms with Crippen LogP contribution in [0.4, 0.5) is 5.69 Å². The molecule has 0 unspecified atom stereocenters. The fourth-order valence-electron chi connectivity index (χ4n) is 5.10. The summed E-state index contributed by atoms with van der Waals surface area (Å²) in [6.07, 6.45) is 3.84. The molecule has 3 heterocycles. The Bertz CT molecular complexity index is 1880. The van der Waals surface area contributed by atoms with Crippen LogP contribution in [-0.2, 0) is 13.1 Å². The summed E-state index contributed by atoms with van der Waals surface area (Å²) < 4.78 is 4.06. The molecule has 0 spiro atoms. The van der Waals surface area contributed by atoms with Crippen molar-refractivity contribution in [2.24, 2.45) is 0 Å². The van der Waals surface area contributed by atoms with Crippen LogP contribution in [0.15, 0.2) is 108 Å². The minimum Gasteiger partial charge on any atom is -0.305 e. The quantitative estimate of drug-likeness (QED) is 0.130. The second-order valence-corrected chi connectivity index (χ2v) is 11.3. The number of rotatable bonds is 9. The average Bonchev–Trinajstić information content (AvgIpc) is 3.60. The highest BCUT2D eigenvalue weighted by Crippen LogP contribution is 2.41. The predicted molar refractivity (Wildman–Crippen MR) is 169 cm³/mol. The lowest BCUT2D eigenvalue weighted by Crippen LogP contribution is -2.10. The molecule has 0 saturated heterocycles. The molecule has 0 amide bonds. The average molecular weight is 575 g/mol. The maximum absolute atomic E-state index is 11.5. The van der Waals surface area contributed by atoms with Gasteiger partial charge in [0.1, 0.15) is 5.69 Å². The van der Waals surface area contributed by atoms with Gasteiger partial charge in [-0.1, -0.05) is 54.6 Å². The smallest absolute Gasteiger partial charge is 0.270 e. The van der Waals surface area contributed by atoms with Gasteiger partial charge in [-0.15, -0.1) is 0 Å². The Morgan fingerprint density at radius 2 is 1.69 bits per heavy atom. The van der Waals surface area contributed by atoms with Crippen LogP contribution in [0.5, 0.6) is 0 Å². The molecule has 0 aliphatic rings. The Morgan fingerprint density at radius 3 is 2.40 bits per heavy atom. The molecule has 9 heteroatoms. The lowest BCUT2D eigenvalue weighted by atomic mass is 9.99. The van der Waals surface area contributed by atoms with Gasteiger partial charge in [0, 0.05) is 59.0 Å². The van der Waals surface area contributed by atoms with Gasteiger partial charge in [0.15, 0.2) is 5.65 Å². The standard InChI is InChI=1S/C33H30N6O2S/c1-4-37-22-30(32(35-37)25-9-8-10-26(19-25)39(40)41)28-17-18-34-33-29(28)20-31(38(33)42-27-11-6-5-7-12-27)24-15-13-23(14-16-24)21-36(2)3/h5-20,22H,4,21H2,1-3H3. The van der Waals surface area contributed by atoms with Crippen LogP contribution in [-0.4, -0.2) is 42.7 Å². The third kappa shape index (κ3) is 5.44. The highest BCUT2D eigenvalue weighted by atomic mass is 32.2. The summed E-state index contributed by atoms with van der Waals surface area (Å²) in [7, 11) is 4.14. The van der Waals surface area contributed by atoms with Crippen molar-refractivity contribution in [3.8, 4) is 33.6 Å². The first-order valence-corrected chi connectivity index (χ1v) is 14.5. The molecule has 3 aromatic carbocycles. The largest absolute Gasteiger partial charge is 0.305 e. The number of nitro groups is 1. The van der Waals surface area contributed by atoms with E-state index in [9.17, 15) is 10.1 Å². The van der Waals surface area contributed by atoms with Crippen molar-refractivity contribution in [3.63, 3.8) is 0 Å². The van der Waals surface area contributed by atoms with E-state index in [1.165, 1.54) is 11.6 Å². The van der Waals surface area contributed by atoms with Crippen LogP contribution >= 0.6 is 11.9 Å². The molecule has 6 aromatic rings. The monoisotopic (exact) mass is 574 g/mol. The summed E-state index contributed by atoms with van der Waals surface area (Å²) >= 11 is 1.63. The maximum atomic E-state index is 11.5. The number of nitro benzene ring substituents is 1. The van der Waals surface area contributed by atoms with Gasteiger partial charge in [0.25, 0.3) is 5.69 Å². The van der Waals surface area contributed by atoms with Crippen molar-refractivity contribution in [2.45, 2.75) is 24.9 Å². The van der Waals surface area contributed by atoms with Gasteiger partial charge < -0.3 is 4.90 Å². The Labute approximate surface area is 248 Å². The molecule has 0 fully saturated rings. The molecule has 0 atom stereocenters. The van der Waals surface area contributed by atoms with Crippen molar-refractivity contribution in [2.75, 3.05) is 14.1 Å². The van der Waals surface area contributed by atoms with Gasteiger partial charge in [-0.3, -0.25) is 18.8 Å². The molecule has 0 aliphatic heterocycles. The van der Waals surface area contributed by atoms with E-state index in [1.54, 1.807) is 24.1 Å². The number of aromatic nitrogens is 4. The molecule has 0 saturated carbocycles. The first kappa shape index (κ1) is 27.4. The lowest BCUT2D eigenvalue weighted by Gasteiger charge is -2.12. The van der Waals surface area contributed by atoms with Crippen LogP contribution in [0.1, 0.15) is 12.5 Å². The van der Waals surface area contributed by atoms with Crippen molar-refractivity contribution in [1.29, 1.82) is 0 Å². The molecular weight excluding hydrogens is 544 g/mol. The van der Waals surface area contributed by atoms with E-state index in [0.29, 0.717) is 17.8 Å². The molecule has 8 nitrogen and oxygen atoms in total. The molecule has 0 bridgehead atoms. The second-order valence-electron chi connectivity index (χ2n) is 10.3. The fourth-order valence-corrected chi connectivity index (χ4v) is 6.07. The van der Waals surface area contributed by atoms with Crippen molar-refractivity contribution >= 4 is 28.7 Å². The van der Waals surface area contributed by atoms with E-state index < -0.39 is 0 Å². The van der Waals surface area contributed by atoms with Crippen LogP contribution in [0, 0.1) is 10.1 Å². The summed E-state index contributed by atoms with van der Waals surface area (Å²) in [6.45, 7) is 3.57. The molecule has 3 aromatic heterocycles. The molecule has 0 aliphatic carbocycles. The van der Waals surface area contributed by atoms with Crippen molar-refractivity contribution in [1.82, 2.24) is 23.6 Å². The molecule has 210 valence electrons. The minimum atomic E-state index is -0.373. The lowest BCUT2D eigenvalue weighted by molar-refractivity contribution is -0.384. The first-order valence-electron chi connectivity index (χ1n) is 13.7. The summed E-state index contributed by atoms with van der Waals surface area (Å²) in [6, 6.07) is 29.8. The van der Waals surface area contributed by atoms with Gasteiger partial charge in [-0.05, 0) is 73.9 Å². The number of fused-ring (bicyclic) bond motifs is 1. The zero-order chi connectivity index (χ0) is 29.2. The van der Waals surface area contributed by atoms with E-state index in [4.69, 9.17) is 10.1 Å². The third-order valence-electron chi connectivity index (χ3n) is 7.06. The Morgan fingerprint density at radius 1 is 0.905 bits per heavy atom. The van der Waals surface area contributed by atoms with Gasteiger partial charge in [-0.2, -0.15) is 5.10 Å². The van der Waals surface area contributed by atoms with Crippen LogP contribution in [0.25, 0.3) is 44.7 Å². The Hall–Kier alpha value is -4.73. The highest BCUT2D eigenvalue weighted by molar-refractivity contribution is 7.98. The number of benzene rings is 3. The first-order chi connectivity index (χ1) is 20.4. The fraction of sp³-hybridized carbons (Fsp3) is 0.152. The minimum absolute atomic E-state index is 0.0368. The number of non-ortho nitro benzene ring substituents is 1. The zero-order valence-corrected chi connectivity index (χ0v) is 24.5. The van der Waals surface area contributed by atoms with Crippen molar-refractivity contribution < 1.29 is 4.92 Å². The van der Waals surface area contributed by atoms with E-state index in [0.717, 1.165) is 44.9 Å². The van der Waals surface area contributed by atoms with E-state index >= 15 is 0 Å². The van der Waals surface area contributed by atoms with Crippen LogP contribution in [0.3, 0.4) is 0 Å². The molecular formula is C33H30N6O2S. The summed E-state index contributed by atoms with van der Waals surface area (Å²) in [5, 5.41) is 17.3. The summed E-state index contributed by atoms with van der Waals surface area (Å²) in [5.41, 5.74) is 7.52. The normalized spacial score (nSPS) is 11.4. The number of pyridine rings is 1.